The lowest BCUT2D eigenvalue weighted by Crippen LogP contribution is -2.45. The normalized spacial score (nSPS) is 20.7. The molecule has 2 saturated heterocycles. The molecule has 2 aliphatic rings. The van der Waals surface area contributed by atoms with Crippen LogP contribution in [0.1, 0.15) is 47.3 Å². The minimum Gasteiger partial charge on any atom is -0.383 e. The molecule has 1 aromatic carbocycles. The van der Waals surface area contributed by atoms with E-state index in [0.29, 0.717) is 49.5 Å². The maximum atomic E-state index is 13.0. The van der Waals surface area contributed by atoms with Crippen molar-refractivity contribution in [3.05, 3.63) is 59.4 Å². The molecular weight excluding hydrogens is 382 g/mol. The number of likely N-dealkylation sites (tertiary alicyclic amines) is 1. The maximum absolute atomic E-state index is 13.0. The fourth-order valence-corrected chi connectivity index (χ4v) is 4.04. The molecule has 1 unspecified atom stereocenters. The van der Waals surface area contributed by atoms with Crippen molar-refractivity contribution in [1.82, 2.24) is 9.88 Å². The van der Waals surface area contributed by atoms with Gasteiger partial charge in [-0.1, -0.05) is 12.1 Å². The zero-order valence-electron chi connectivity index (χ0n) is 17.1. The molecule has 2 aromatic rings. The van der Waals surface area contributed by atoms with Crippen LogP contribution in [0.25, 0.3) is 0 Å². The molecule has 2 N–H and O–H groups in total. The van der Waals surface area contributed by atoms with Gasteiger partial charge in [-0.05, 0) is 62.4 Å². The van der Waals surface area contributed by atoms with E-state index in [1.807, 2.05) is 31.2 Å². The number of anilines is 1. The molecule has 1 aromatic heterocycles. The van der Waals surface area contributed by atoms with Crippen molar-refractivity contribution in [2.75, 3.05) is 25.0 Å². The molecule has 0 saturated carbocycles. The van der Waals surface area contributed by atoms with Crippen molar-refractivity contribution in [3.63, 3.8) is 0 Å². The topological polar surface area (TPSA) is 91.8 Å². The van der Waals surface area contributed by atoms with Gasteiger partial charge in [0.15, 0.2) is 0 Å². The molecule has 1 atom stereocenters. The number of carbonyl (C=O) groups is 2. The van der Waals surface area contributed by atoms with Crippen LogP contribution in [-0.2, 0) is 15.1 Å². The summed E-state index contributed by atoms with van der Waals surface area (Å²) in [7, 11) is 0. The number of ether oxygens (including phenoxy) is 1. The van der Waals surface area contributed by atoms with E-state index in [1.165, 1.54) is 0 Å². The summed E-state index contributed by atoms with van der Waals surface area (Å²) in [5.74, 6) is -0.274. The third-order valence-electron chi connectivity index (χ3n) is 5.98. The molecule has 158 valence electrons. The highest BCUT2D eigenvalue weighted by atomic mass is 16.5. The Morgan fingerprint density at radius 1 is 1.23 bits per heavy atom. The predicted molar refractivity (Wildman–Crippen MR) is 112 cm³/mol. The maximum Gasteiger partial charge on any atom is 0.253 e. The Morgan fingerprint density at radius 2 is 2.03 bits per heavy atom. The second-order valence-electron chi connectivity index (χ2n) is 8.06. The summed E-state index contributed by atoms with van der Waals surface area (Å²) < 4.78 is 5.44. The highest BCUT2D eigenvalue weighted by Gasteiger charge is 2.36. The molecule has 0 radical (unpaired) electrons. The Kier molecular flexibility index (Phi) is 5.83. The van der Waals surface area contributed by atoms with Gasteiger partial charge in [0.05, 0.1) is 5.69 Å². The zero-order chi connectivity index (χ0) is 21.1. The number of aryl methyl sites for hydroxylation is 1. The van der Waals surface area contributed by atoms with Crippen molar-refractivity contribution in [3.8, 4) is 0 Å². The standard InChI is InChI=1S/C23H27N3O4/c1-16-7-8-17(15-18(16)25-21(27)19-5-4-14-30-19)22(28)26-12-9-23(29,10-13-26)20-6-2-3-11-24-20/h2-3,6-8,11,15,19,29H,4-5,9-10,12-14H2,1H3,(H,25,27). The molecule has 4 rings (SSSR count). The van der Waals surface area contributed by atoms with Crippen LogP contribution in [0.15, 0.2) is 42.6 Å². The predicted octanol–water partition coefficient (Wildman–Crippen LogP) is 2.63. The summed E-state index contributed by atoms with van der Waals surface area (Å²) in [5, 5.41) is 13.8. The monoisotopic (exact) mass is 409 g/mol. The van der Waals surface area contributed by atoms with Gasteiger partial charge < -0.3 is 20.1 Å². The number of rotatable bonds is 4. The molecule has 2 aliphatic heterocycles. The van der Waals surface area contributed by atoms with Crippen molar-refractivity contribution in [2.24, 2.45) is 0 Å². The number of pyridine rings is 1. The summed E-state index contributed by atoms with van der Waals surface area (Å²) in [6, 6.07) is 10.8. The van der Waals surface area contributed by atoms with E-state index >= 15 is 0 Å². The van der Waals surface area contributed by atoms with Crippen LogP contribution in [0.2, 0.25) is 0 Å². The van der Waals surface area contributed by atoms with Gasteiger partial charge in [-0.15, -0.1) is 0 Å². The van der Waals surface area contributed by atoms with Gasteiger partial charge in [-0.3, -0.25) is 14.6 Å². The van der Waals surface area contributed by atoms with Gasteiger partial charge in [-0.2, -0.15) is 0 Å². The first-order valence-electron chi connectivity index (χ1n) is 10.4. The van der Waals surface area contributed by atoms with Gasteiger partial charge >= 0.3 is 0 Å². The van der Waals surface area contributed by atoms with E-state index in [-0.39, 0.29) is 11.8 Å². The number of hydrogen-bond acceptors (Lipinski definition) is 5. The number of hydrogen-bond donors (Lipinski definition) is 2. The van der Waals surface area contributed by atoms with E-state index < -0.39 is 11.7 Å². The number of aliphatic hydroxyl groups is 1. The molecule has 3 heterocycles. The number of aromatic nitrogens is 1. The van der Waals surface area contributed by atoms with Gasteiger partial charge in [0, 0.05) is 37.1 Å². The molecule has 30 heavy (non-hydrogen) atoms. The Hall–Kier alpha value is -2.77. The molecule has 0 aliphatic carbocycles. The molecule has 7 heteroatoms. The summed E-state index contributed by atoms with van der Waals surface area (Å²) in [4.78, 5) is 31.5. The van der Waals surface area contributed by atoms with Gasteiger partial charge in [-0.25, -0.2) is 0 Å². The number of benzene rings is 1. The van der Waals surface area contributed by atoms with E-state index in [1.54, 1.807) is 23.2 Å². The van der Waals surface area contributed by atoms with Crippen molar-refractivity contribution in [1.29, 1.82) is 0 Å². The number of amides is 2. The highest BCUT2D eigenvalue weighted by molar-refractivity contribution is 5.99. The Labute approximate surface area is 176 Å². The minimum absolute atomic E-state index is 0.106. The minimum atomic E-state index is -1.01. The van der Waals surface area contributed by atoms with E-state index in [9.17, 15) is 14.7 Å². The Morgan fingerprint density at radius 3 is 2.70 bits per heavy atom. The third kappa shape index (κ3) is 4.22. The Balaban J connectivity index is 1.43. The average molecular weight is 409 g/mol. The van der Waals surface area contributed by atoms with E-state index in [2.05, 4.69) is 10.3 Å². The summed E-state index contributed by atoms with van der Waals surface area (Å²) in [5.41, 5.74) is 1.67. The van der Waals surface area contributed by atoms with E-state index in [4.69, 9.17) is 4.74 Å². The van der Waals surface area contributed by atoms with E-state index in [0.717, 1.165) is 18.4 Å². The van der Waals surface area contributed by atoms with Crippen molar-refractivity contribution in [2.45, 2.75) is 44.3 Å². The second kappa shape index (κ2) is 8.53. The van der Waals surface area contributed by atoms with Gasteiger partial charge in [0.2, 0.25) is 0 Å². The van der Waals surface area contributed by atoms with Gasteiger partial charge in [0.25, 0.3) is 11.8 Å². The summed E-state index contributed by atoms with van der Waals surface area (Å²) in [6.45, 7) is 3.39. The van der Waals surface area contributed by atoms with Crippen LogP contribution in [0.3, 0.4) is 0 Å². The molecule has 0 bridgehead atoms. The fraction of sp³-hybridized carbons (Fsp3) is 0.435. The SMILES string of the molecule is Cc1ccc(C(=O)N2CCC(O)(c3ccccn3)CC2)cc1NC(=O)C1CCCO1. The largest absolute Gasteiger partial charge is 0.383 e. The lowest BCUT2D eigenvalue weighted by Gasteiger charge is -2.37. The first kappa shape index (κ1) is 20.5. The van der Waals surface area contributed by atoms with Crippen LogP contribution < -0.4 is 5.32 Å². The zero-order valence-corrected chi connectivity index (χ0v) is 17.1. The lowest BCUT2D eigenvalue weighted by atomic mass is 9.87. The molecule has 0 spiro atoms. The Bertz CT molecular complexity index is 917. The summed E-state index contributed by atoms with van der Waals surface area (Å²) >= 11 is 0. The average Bonchev–Trinajstić information content (AvgIpc) is 3.31. The molecular formula is C23H27N3O4. The van der Waals surface area contributed by atoms with Crippen LogP contribution in [0, 0.1) is 6.92 Å². The fourth-order valence-electron chi connectivity index (χ4n) is 4.04. The van der Waals surface area contributed by atoms with Crippen LogP contribution in [0.4, 0.5) is 5.69 Å². The number of nitrogens with zero attached hydrogens (tertiary/aromatic N) is 2. The number of nitrogens with one attached hydrogen (secondary N) is 1. The molecule has 2 amide bonds. The highest BCUT2D eigenvalue weighted by Crippen LogP contribution is 2.32. The quantitative estimate of drug-likeness (QED) is 0.810. The lowest BCUT2D eigenvalue weighted by molar-refractivity contribution is -0.124. The van der Waals surface area contributed by atoms with Crippen LogP contribution >= 0.6 is 0 Å². The number of carbonyl (C=O) groups excluding carboxylic acids is 2. The first-order chi connectivity index (χ1) is 14.5. The van der Waals surface area contributed by atoms with Gasteiger partial charge in [0.1, 0.15) is 11.7 Å². The number of piperidine rings is 1. The molecule has 2 fully saturated rings. The molecule has 7 nitrogen and oxygen atoms in total. The van der Waals surface area contributed by atoms with Crippen molar-refractivity contribution < 1.29 is 19.4 Å². The van der Waals surface area contributed by atoms with Crippen LogP contribution in [-0.4, -0.2) is 52.6 Å². The third-order valence-corrected chi connectivity index (χ3v) is 5.98. The smallest absolute Gasteiger partial charge is 0.253 e. The summed E-state index contributed by atoms with van der Waals surface area (Å²) in [6.07, 6.45) is 3.72. The van der Waals surface area contributed by atoms with Crippen molar-refractivity contribution >= 4 is 17.5 Å². The first-order valence-corrected chi connectivity index (χ1v) is 10.4. The second-order valence-corrected chi connectivity index (χ2v) is 8.06. The van der Waals surface area contributed by atoms with Crippen LogP contribution in [0.5, 0.6) is 0 Å².